The maximum Gasteiger partial charge on any atom is 0.191 e. The van der Waals surface area contributed by atoms with E-state index in [0.29, 0.717) is 19.6 Å². The van der Waals surface area contributed by atoms with Gasteiger partial charge in [-0.3, -0.25) is 4.99 Å². The lowest BCUT2D eigenvalue weighted by atomic mass is 10.1. The minimum Gasteiger partial charge on any atom is -0.467 e. The third-order valence-corrected chi connectivity index (χ3v) is 3.87. The van der Waals surface area contributed by atoms with Crippen LogP contribution in [0.25, 0.3) is 0 Å². The number of halogens is 1. The molecule has 1 heterocycles. The average Bonchev–Trinajstić information content (AvgIpc) is 2.53. The predicted octanol–water partition coefficient (Wildman–Crippen LogP) is 1.76. The van der Waals surface area contributed by atoms with E-state index in [-0.39, 0.29) is 12.6 Å². The summed E-state index contributed by atoms with van der Waals surface area (Å²) in [6.45, 7) is 2.12. The summed E-state index contributed by atoms with van der Waals surface area (Å²) in [5.41, 5.74) is 1.62. The van der Waals surface area contributed by atoms with Crippen molar-refractivity contribution in [3.05, 3.63) is 29.1 Å². The molecule has 0 bridgehead atoms. The number of hydrogen-bond acceptors (Lipinski definition) is 4. The monoisotopic (exact) mass is 327 g/mol. The van der Waals surface area contributed by atoms with Gasteiger partial charge in [0.05, 0.1) is 6.61 Å². The van der Waals surface area contributed by atoms with Crippen molar-refractivity contribution in [3.63, 3.8) is 0 Å². The van der Waals surface area contributed by atoms with Crippen molar-refractivity contribution in [2.75, 3.05) is 38.9 Å². The number of nitrogens with zero attached hydrogens (tertiary/aromatic N) is 1. The Balaban J connectivity index is 1.90. The number of rotatable bonds is 6. The van der Waals surface area contributed by atoms with Gasteiger partial charge in [-0.15, -0.1) is 0 Å². The van der Waals surface area contributed by atoms with Crippen LogP contribution in [0.15, 0.2) is 17.1 Å². The van der Waals surface area contributed by atoms with E-state index in [4.69, 9.17) is 9.47 Å². The summed E-state index contributed by atoms with van der Waals surface area (Å²) in [4.78, 5) is 4.16. The number of hydrogen-bond donors (Lipinski definition) is 2. The molecule has 0 saturated carbocycles. The molecule has 0 unspecified atom stereocenters. The molecule has 2 N–H and O–H groups in total. The van der Waals surface area contributed by atoms with Crippen LogP contribution in [0.4, 0.5) is 4.39 Å². The number of guanidine groups is 1. The molecular weight excluding hydrogens is 305 g/mol. The van der Waals surface area contributed by atoms with Gasteiger partial charge in [0.1, 0.15) is 11.6 Å². The molecule has 0 atom stereocenters. The van der Waals surface area contributed by atoms with Gasteiger partial charge in [-0.25, -0.2) is 4.39 Å². The Kier molecular flexibility index (Phi) is 6.79. The second kappa shape index (κ2) is 8.85. The Hall–Kier alpha value is -1.47. The van der Waals surface area contributed by atoms with Gasteiger partial charge in [-0.1, -0.05) is 0 Å². The molecular formula is C15H22FN3O2S. The summed E-state index contributed by atoms with van der Waals surface area (Å²) in [5.74, 6) is 2.26. The number of fused-ring (bicyclic) bond motifs is 1. The van der Waals surface area contributed by atoms with Crippen LogP contribution in [0.3, 0.4) is 0 Å². The molecule has 7 heteroatoms. The maximum absolute atomic E-state index is 13.6. The van der Waals surface area contributed by atoms with Crippen LogP contribution in [0.2, 0.25) is 0 Å². The molecule has 22 heavy (non-hydrogen) atoms. The van der Waals surface area contributed by atoms with Crippen molar-refractivity contribution in [1.82, 2.24) is 10.6 Å². The molecule has 2 rings (SSSR count). The van der Waals surface area contributed by atoms with Crippen LogP contribution in [-0.2, 0) is 17.8 Å². The van der Waals surface area contributed by atoms with E-state index in [2.05, 4.69) is 21.9 Å². The highest BCUT2D eigenvalue weighted by Crippen LogP contribution is 2.29. The molecule has 122 valence electrons. The number of benzene rings is 1. The van der Waals surface area contributed by atoms with Gasteiger partial charge in [-0.05, 0) is 30.4 Å². The maximum atomic E-state index is 13.6. The largest absolute Gasteiger partial charge is 0.467 e. The summed E-state index contributed by atoms with van der Waals surface area (Å²) in [7, 11) is 1.74. The molecule has 0 aromatic heterocycles. The first-order valence-corrected chi connectivity index (χ1v) is 8.59. The summed E-state index contributed by atoms with van der Waals surface area (Å²) in [6.07, 6.45) is 2.72. The Morgan fingerprint density at radius 1 is 1.36 bits per heavy atom. The molecule has 0 aliphatic carbocycles. The average molecular weight is 327 g/mol. The van der Waals surface area contributed by atoms with E-state index in [1.807, 2.05) is 0 Å². The molecule has 5 nitrogen and oxygen atoms in total. The first-order valence-electron chi connectivity index (χ1n) is 7.20. The van der Waals surface area contributed by atoms with Gasteiger partial charge < -0.3 is 20.1 Å². The highest BCUT2D eigenvalue weighted by Gasteiger charge is 2.16. The lowest BCUT2D eigenvalue weighted by Gasteiger charge is -2.21. The quantitative estimate of drug-likeness (QED) is 0.474. The van der Waals surface area contributed by atoms with Crippen molar-refractivity contribution < 1.29 is 13.9 Å². The van der Waals surface area contributed by atoms with Crippen molar-refractivity contribution in [2.45, 2.75) is 13.0 Å². The topological polar surface area (TPSA) is 54.9 Å². The fraction of sp³-hybridized carbons (Fsp3) is 0.533. The Morgan fingerprint density at radius 3 is 2.95 bits per heavy atom. The third-order valence-electron chi connectivity index (χ3n) is 3.26. The molecule has 0 spiro atoms. The van der Waals surface area contributed by atoms with Crippen molar-refractivity contribution >= 4 is 17.7 Å². The smallest absolute Gasteiger partial charge is 0.191 e. The van der Waals surface area contributed by atoms with Crippen molar-refractivity contribution in [1.29, 1.82) is 0 Å². The van der Waals surface area contributed by atoms with Gasteiger partial charge in [0, 0.05) is 31.5 Å². The molecule has 0 fully saturated rings. The lowest BCUT2D eigenvalue weighted by molar-refractivity contribution is -0.0172. The van der Waals surface area contributed by atoms with Crippen molar-refractivity contribution in [2.24, 2.45) is 4.99 Å². The Morgan fingerprint density at radius 2 is 2.18 bits per heavy atom. The fourth-order valence-electron chi connectivity index (χ4n) is 2.25. The van der Waals surface area contributed by atoms with Crippen LogP contribution in [0.1, 0.15) is 11.1 Å². The van der Waals surface area contributed by atoms with E-state index >= 15 is 0 Å². The normalized spacial score (nSPS) is 14.2. The van der Waals surface area contributed by atoms with Gasteiger partial charge in [0.2, 0.25) is 0 Å². The first-order chi connectivity index (χ1) is 10.7. The molecule has 1 aromatic carbocycles. The second-order valence-corrected chi connectivity index (χ2v) is 5.82. The Bertz CT molecular complexity index is 526. The highest BCUT2D eigenvalue weighted by atomic mass is 32.2. The molecule has 1 aliphatic rings. The standard InChI is InChI=1S/C15H22FN3O2S/c1-17-15(19-5-6-22-2)18-4-3-11-7-13(16)8-12-9-20-10-21-14(11)12/h7-8H,3-6,9-10H2,1-2H3,(H2,17,18,19). The number of ether oxygens (including phenoxy) is 2. The van der Waals surface area contributed by atoms with Gasteiger partial charge in [0.15, 0.2) is 12.8 Å². The van der Waals surface area contributed by atoms with E-state index in [0.717, 1.165) is 35.1 Å². The zero-order valence-corrected chi connectivity index (χ0v) is 13.8. The van der Waals surface area contributed by atoms with Crippen molar-refractivity contribution in [3.8, 4) is 5.75 Å². The lowest BCUT2D eigenvalue weighted by Crippen LogP contribution is -2.39. The summed E-state index contributed by atoms with van der Waals surface area (Å²) in [5, 5.41) is 6.45. The summed E-state index contributed by atoms with van der Waals surface area (Å²) >= 11 is 1.78. The van der Waals surface area contributed by atoms with Crippen LogP contribution >= 0.6 is 11.8 Å². The number of nitrogens with one attached hydrogen (secondary N) is 2. The third kappa shape index (κ3) is 4.78. The Labute approximate surface area is 134 Å². The summed E-state index contributed by atoms with van der Waals surface area (Å²) < 4.78 is 24.3. The van der Waals surface area contributed by atoms with Crippen LogP contribution in [-0.4, -0.2) is 44.9 Å². The van der Waals surface area contributed by atoms with Gasteiger partial charge >= 0.3 is 0 Å². The molecule has 1 aromatic rings. The predicted molar refractivity (Wildman–Crippen MR) is 88.1 cm³/mol. The van der Waals surface area contributed by atoms with Crippen LogP contribution < -0.4 is 15.4 Å². The van der Waals surface area contributed by atoms with Crippen LogP contribution in [0, 0.1) is 5.82 Å². The molecule has 0 amide bonds. The second-order valence-electron chi connectivity index (χ2n) is 4.83. The fourth-order valence-corrected chi connectivity index (χ4v) is 2.56. The zero-order valence-electron chi connectivity index (χ0n) is 12.9. The zero-order chi connectivity index (χ0) is 15.8. The number of thioether (sulfide) groups is 1. The van der Waals surface area contributed by atoms with Crippen LogP contribution in [0.5, 0.6) is 5.75 Å². The molecule has 0 radical (unpaired) electrons. The van der Waals surface area contributed by atoms with E-state index in [1.54, 1.807) is 18.8 Å². The SMILES string of the molecule is CN=C(NCCSC)NCCc1cc(F)cc2c1OCOC2. The molecule has 0 saturated heterocycles. The highest BCUT2D eigenvalue weighted by molar-refractivity contribution is 7.98. The minimum absolute atomic E-state index is 0.219. The van der Waals surface area contributed by atoms with E-state index < -0.39 is 0 Å². The number of aliphatic imine (C=N–C) groups is 1. The van der Waals surface area contributed by atoms with E-state index in [9.17, 15) is 4.39 Å². The minimum atomic E-state index is -0.259. The molecule has 1 aliphatic heterocycles. The van der Waals surface area contributed by atoms with Gasteiger partial charge in [0.25, 0.3) is 0 Å². The van der Waals surface area contributed by atoms with Gasteiger partial charge in [-0.2, -0.15) is 11.8 Å². The van der Waals surface area contributed by atoms with E-state index in [1.165, 1.54) is 12.1 Å². The summed E-state index contributed by atoms with van der Waals surface area (Å²) in [6, 6.07) is 2.99. The first kappa shape index (κ1) is 16.9.